The molecule has 16 heavy (non-hydrogen) atoms. The largest absolute Gasteiger partial charge is 0.437 e. The molecular weight excluding hydrogens is 230 g/mol. The second-order valence-electron chi connectivity index (χ2n) is 3.58. The molecule has 6 heteroatoms. The summed E-state index contributed by atoms with van der Waals surface area (Å²) in [4.78, 5) is 15.3. The summed E-state index contributed by atoms with van der Waals surface area (Å²) in [5.74, 6) is -0.221. The van der Waals surface area contributed by atoms with Crippen LogP contribution in [0.1, 0.15) is 19.9 Å². The van der Waals surface area contributed by atoms with Crippen molar-refractivity contribution in [3.63, 3.8) is 0 Å². The van der Waals surface area contributed by atoms with E-state index in [1.807, 2.05) is 13.8 Å². The first-order chi connectivity index (χ1) is 7.58. The molecule has 0 aliphatic carbocycles. The smallest absolute Gasteiger partial charge is 0.388 e. The lowest BCUT2D eigenvalue weighted by molar-refractivity contribution is 0.449. The van der Waals surface area contributed by atoms with E-state index >= 15 is 0 Å². The molecule has 0 aromatic carbocycles. The van der Waals surface area contributed by atoms with Crippen molar-refractivity contribution in [2.24, 2.45) is 0 Å². The monoisotopic (exact) mass is 239 g/mol. The minimum absolute atomic E-state index is 0.0395. The van der Waals surface area contributed by atoms with Crippen LogP contribution in [0.25, 0.3) is 11.5 Å². The van der Waals surface area contributed by atoms with Crippen LogP contribution in [-0.2, 0) is 0 Å². The quantitative estimate of drug-likeness (QED) is 0.754. The zero-order valence-corrected chi connectivity index (χ0v) is 9.60. The van der Waals surface area contributed by atoms with Gasteiger partial charge >= 0.3 is 5.76 Å². The SMILES string of the molecule is CC(C)n1nc(-c2ccnc(Cl)c2)oc1=O. The van der Waals surface area contributed by atoms with E-state index in [2.05, 4.69) is 10.1 Å². The predicted molar refractivity (Wildman–Crippen MR) is 59.4 cm³/mol. The first-order valence-corrected chi connectivity index (χ1v) is 5.17. The highest BCUT2D eigenvalue weighted by Crippen LogP contribution is 2.18. The lowest BCUT2D eigenvalue weighted by atomic mass is 10.3. The van der Waals surface area contributed by atoms with Gasteiger partial charge in [-0.2, -0.15) is 4.68 Å². The van der Waals surface area contributed by atoms with Gasteiger partial charge in [0.1, 0.15) is 5.15 Å². The maximum Gasteiger partial charge on any atom is 0.437 e. The van der Waals surface area contributed by atoms with Gasteiger partial charge in [-0.25, -0.2) is 9.78 Å². The van der Waals surface area contributed by atoms with Gasteiger partial charge in [-0.1, -0.05) is 11.6 Å². The van der Waals surface area contributed by atoms with E-state index in [1.165, 1.54) is 10.9 Å². The zero-order chi connectivity index (χ0) is 11.7. The minimum atomic E-state index is -0.474. The van der Waals surface area contributed by atoms with E-state index in [0.717, 1.165) is 0 Å². The highest BCUT2D eigenvalue weighted by Gasteiger charge is 2.12. The van der Waals surface area contributed by atoms with Crippen molar-refractivity contribution >= 4 is 11.6 Å². The van der Waals surface area contributed by atoms with Gasteiger partial charge in [0.25, 0.3) is 0 Å². The molecule has 0 spiro atoms. The molecule has 0 aliphatic rings. The van der Waals surface area contributed by atoms with Gasteiger partial charge in [0.2, 0.25) is 5.89 Å². The molecular formula is C10H10ClN3O2. The van der Waals surface area contributed by atoms with Crippen molar-refractivity contribution in [2.45, 2.75) is 19.9 Å². The van der Waals surface area contributed by atoms with Gasteiger partial charge in [-0.15, -0.1) is 5.10 Å². The van der Waals surface area contributed by atoms with Gasteiger partial charge in [-0.05, 0) is 26.0 Å². The molecule has 84 valence electrons. The van der Waals surface area contributed by atoms with Crippen LogP contribution in [0.2, 0.25) is 5.15 Å². The van der Waals surface area contributed by atoms with Crippen LogP contribution in [0.15, 0.2) is 27.5 Å². The lowest BCUT2D eigenvalue weighted by Crippen LogP contribution is -2.17. The fourth-order valence-electron chi connectivity index (χ4n) is 1.27. The molecule has 2 aromatic rings. The molecule has 2 aromatic heterocycles. The van der Waals surface area contributed by atoms with Crippen LogP contribution in [0.3, 0.4) is 0 Å². The van der Waals surface area contributed by atoms with Crippen molar-refractivity contribution in [3.05, 3.63) is 34.0 Å². The molecule has 0 unspecified atom stereocenters. The Morgan fingerprint density at radius 1 is 1.50 bits per heavy atom. The van der Waals surface area contributed by atoms with Gasteiger partial charge in [0, 0.05) is 11.8 Å². The zero-order valence-electron chi connectivity index (χ0n) is 8.85. The number of halogens is 1. The minimum Gasteiger partial charge on any atom is -0.388 e. The van der Waals surface area contributed by atoms with Crippen molar-refractivity contribution in [1.29, 1.82) is 0 Å². The maximum absolute atomic E-state index is 11.4. The third kappa shape index (κ3) is 1.99. The Bertz CT molecular complexity index is 559. The lowest BCUT2D eigenvalue weighted by Gasteiger charge is -1.99. The summed E-state index contributed by atoms with van der Waals surface area (Å²) in [5, 5.41) is 4.40. The Labute approximate surface area is 96.7 Å². The number of pyridine rings is 1. The average Bonchev–Trinajstić information content (AvgIpc) is 2.60. The Morgan fingerprint density at radius 3 is 2.81 bits per heavy atom. The number of nitrogens with zero attached hydrogens (tertiary/aromatic N) is 3. The highest BCUT2D eigenvalue weighted by atomic mass is 35.5. The Morgan fingerprint density at radius 2 is 2.25 bits per heavy atom. The number of aromatic nitrogens is 3. The van der Waals surface area contributed by atoms with Crippen LogP contribution in [0.4, 0.5) is 0 Å². The summed E-state index contributed by atoms with van der Waals surface area (Å²) in [6, 6.07) is 3.24. The summed E-state index contributed by atoms with van der Waals surface area (Å²) in [5.41, 5.74) is 0.636. The molecule has 0 amide bonds. The molecule has 2 rings (SSSR count). The summed E-state index contributed by atoms with van der Waals surface area (Å²) in [7, 11) is 0. The highest BCUT2D eigenvalue weighted by molar-refractivity contribution is 6.29. The second kappa shape index (κ2) is 4.09. The van der Waals surface area contributed by atoms with Crippen LogP contribution >= 0.6 is 11.6 Å². The average molecular weight is 240 g/mol. The Balaban J connectivity index is 2.50. The third-order valence-electron chi connectivity index (χ3n) is 2.03. The van der Waals surface area contributed by atoms with E-state index in [-0.39, 0.29) is 11.9 Å². The summed E-state index contributed by atoms with van der Waals surface area (Å²) < 4.78 is 6.31. The summed E-state index contributed by atoms with van der Waals surface area (Å²) in [6.07, 6.45) is 1.53. The van der Waals surface area contributed by atoms with E-state index < -0.39 is 5.76 Å². The second-order valence-corrected chi connectivity index (χ2v) is 3.97. The molecule has 0 saturated heterocycles. The summed E-state index contributed by atoms with van der Waals surface area (Å²) >= 11 is 5.74. The molecule has 0 fully saturated rings. The van der Waals surface area contributed by atoms with Crippen LogP contribution in [-0.4, -0.2) is 14.8 Å². The standard InChI is InChI=1S/C10H10ClN3O2/c1-6(2)14-10(15)16-9(13-14)7-3-4-12-8(11)5-7/h3-6H,1-2H3. The molecule has 0 bridgehead atoms. The topological polar surface area (TPSA) is 60.9 Å². The van der Waals surface area contributed by atoms with Crippen molar-refractivity contribution in [1.82, 2.24) is 14.8 Å². The first-order valence-electron chi connectivity index (χ1n) is 4.79. The van der Waals surface area contributed by atoms with Crippen LogP contribution < -0.4 is 5.76 Å². The molecule has 0 saturated carbocycles. The molecule has 2 heterocycles. The van der Waals surface area contributed by atoms with Crippen LogP contribution in [0.5, 0.6) is 0 Å². The normalized spacial score (nSPS) is 11.0. The predicted octanol–water partition coefficient (Wildman–Crippen LogP) is 2.13. The van der Waals surface area contributed by atoms with Gasteiger partial charge in [0.05, 0.1) is 6.04 Å². The van der Waals surface area contributed by atoms with E-state index in [0.29, 0.717) is 10.7 Å². The van der Waals surface area contributed by atoms with Gasteiger partial charge in [0.15, 0.2) is 0 Å². The van der Waals surface area contributed by atoms with Crippen molar-refractivity contribution < 1.29 is 4.42 Å². The maximum atomic E-state index is 11.4. The summed E-state index contributed by atoms with van der Waals surface area (Å²) in [6.45, 7) is 3.71. The molecule has 0 radical (unpaired) electrons. The van der Waals surface area contributed by atoms with E-state index in [9.17, 15) is 4.79 Å². The number of hydrogen-bond donors (Lipinski definition) is 0. The number of rotatable bonds is 2. The molecule has 0 N–H and O–H groups in total. The molecule has 0 aliphatic heterocycles. The van der Waals surface area contributed by atoms with E-state index in [4.69, 9.17) is 16.0 Å². The van der Waals surface area contributed by atoms with Gasteiger partial charge < -0.3 is 4.42 Å². The Kier molecular flexibility index (Phi) is 2.78. The van der Waals surface area contributed by atoms with Crippen LogP contribution in [0, 0.1) is 0 Å². The molecule has 5 nitrogen and oxygen atoms in total. The van der Waals surface area contributed by atoms with Gasteiger partial charge in [-0.3, -0.25) is 0 Å². The number of hydrogen-bond acceptors (Lipinski definition) is 4. The Hall–Kier alpha value is -1.62. The fraction of sp³-hybridized carbons (Fsp3) is 0.300. The fourth-order valence-corrected chi connectivity index (χ4v) is 1.44. The molecule has 0 atom stereocenters. The van der Waals surface area contributed by atoms with Crippen molar-refractivity contribution in [2.75, 3.05) is 0 Å². The third-order valence-corrected chi connectivity index (χ3v) is 2.24. The first kappa shape index (κ1) is 10.9. The van der Waals surface area contributed by atoms with E-state index in [1.54, 1.807) is 12.1 Å². The van der Waals surface area contributed by atoms with Crippen molar-refractivity contribution in [3.8, 4) is 11.5 Å².